The molecule has 0 aromatic heterocycles. The Morgan fingerprint density at radius 1 is 0.605 bits per heavy atom. The molecule has 0 atom stereocenters. The highest BCUT2D eigenvalue weighted by Gasteiger charge is 2.47. The van der Waals surface area contributed by atoms with E-state index in [-0.39, 0.29) is 5.97 Å². The van der Waals surface area contributed by atoms with Crippen molar-refractivity contribution in [2.45, 2.75) is 0 Å². The van der Waals surface area contributed by atoms with Gasteiger partial charge in [-0.05, 0) is 84.4 Å². The molecule has 0 saturated heterocycles. The lowest BCUT2D eigenvalue weighted by molar-refractivity contribution is -0.135. The Balaban J connectivity index is 2.02. The fourth-order valence-electron chi connectivity index (χ4n) is 4.54. The van der Waals surface area contributed by atoms with Gasteiger partial charge >= 0.3 is 5.97 Å². The van der Waals surface area contributed by atoms with Gasteiger partial charge in [0.2, 0.25) is 0 Å². The Labute approximate surface area is 225 Å². The molecule has 0 unspecified atom stereocenters. The van der Waals surface area contributed by atoms with E-state index in [1.807, 2.05) is 72.8 Å². The Morgan fingerprint density at radius 3 is 1.34 bits per heavy atom. The molecule has 6 heteroatoms. The summed E-state index contributed by atoms with van der Waals surface area (Å²) in [6.45, 7) is 0. The average Bonchev–Trinajstić information content (AvgIpc) is 2.99. The van der Waals surface area contributed by atoms with Crippen LogP contribution in [0.1, 0.15) is 5.56 Å². The molecule has 194 valence electrons. The molecular weight excluding hydrogens is 495 g/mol. The molecule has 4 aromatic carbocycles. The van der Waals surface area contributed by atoms with Gasteiger partial charge in [-0.25, -0.2) is 4.79 Å². The molecule has 4 rings (SSSR count). The molecule has 38 heavy (non-hydrogen) atoms. The predicted octanol–water partition coefficient (Wildman–Crippen LogP) is 5.26. The molecule has 0 aliphatic rings. The SMILES string of the molecule is COC(=O)/C(=C/c1ccccc1)C[P+](c1ccc(OC)cc1)(c1ccc(OC)cc1)c1ccc(OC)cc1. The maximum absolute atomic E-state index is 13.3. The number of carbonyl (C=O) groups excluding carboxylic acids is 1. The molecule has 0 aliphatic carbocycles. The molecule has 5 nitrogen and oxygen atoms in total. The lowest BCUT2D eigenvalue weighted by atomic mass is 10.1. The van der Waals surface area contributed by atoms with E-state index in [9.17, 15) is 4.79 Å². The van der Waals surface area contributed by atoms with E-state index < -0.39 is 7.26 Å². The molecular formula is C32H32O5P+. The molecule has 0 amide bonds. The van der Waals surface area contributed by atoms with Crippen LogP contribution < -0.4 is 30.1 Å². The second kappa shape index (κ2) is 12.4. The van der Waals surface area contributed by atoms with E-state index in [4.69, 9.17) is 18.9 Å². The van der Waals surface area contributed by atoms with Crippen LogP contribution in [0.4, 0.5) is 0 Å². The molecule has 0 N–H and O–H groups in total. The quantitative estimate of drug-likeness (QED) is 0.160. The maximum Gasteiger partial charge on any atom is 0.337 e. The van der Waals surface area contributed by atoms with Crippen molar-refractivity contribution in [2.24, 2.45) is 0 Å². The predicted molar refractivity (Wildman–Crippen MR) is 156 cm³/mol. The second-order valence-corrected chi connectivity index (χ2v) is 12.1. The summed E-state index contributed by atoms with van der Waals surface area (Å²) >= 11 is 0. The number of carbonyl (C=O) groups is 1. The van der Waals surface area contributed by atoms with Gasteiger partial charge in [-0.2, -0.15) is 0 Å². The smallest absolute Gasteiger partial charge is 0.337 e. The molecule has 0 heterocycles. The topological polar surface area (TPSA) is 54.0 Å². The molecule has 0 saturated carbocycles. The minimum Gasteiger partial charge on any atom is -0.497 e. The van der Waals surface area contributed by atoms with Crippen LogP contribution in [0.15, 0.2) is 109 Å². The van der Waals surface area contributed by atoms with Crippen LogP contribution in [-0.4, -0.2) is 40.6 Å². The highest BCUT2D eigenvalue weighted by atomic mass is 31.2. The van der Waals surface area contributed by atoms with E-state index in [2.05, 4.69) is 36.4 Å². The normalized spacial score (nSPS) is 11.5. The number of ether oxygens (including phenoxy) is 4. The summed E-state index contributed by atoms with van der Waals surface area (Å²) in [7, 11) is 3.95. The van der Waals surface area contributed by atoms with Crippen molar-refractivity contribution in [1.29, 1.82) is 0 Å². The summed E-state index contributed by atoms with van der Waals surface area (Å²) in [5.41, 5.74) is 1.53. The first kappa shape index (κ1) is 27.0. The van der Waals surface area contributed by atoms with Crippen molar-refractivity contribution in [2.75, 3.05) is 34.6 Å². The monoisotopic (exact) mass is 527 g/mol. The van der Waals surface area contributed by atoms with Crippen molar-refractivity contribution in [3.63, 3.8) is 0 Å². The van der Waals surface area contributed by atoms with E-state index in [1.165, 1.54) is 7.11 Å². The van der Waals surface area contributed by atoms with Crippen molar-refractivity contribution in [1.82, 2.24) is 0 Å². The van der Waals surface area contributed by atoms with E-state index in [1.54, 1.807) is 21.3 Å². The summed E-state index contributed by atoms with van der Waals surface area (Å²) in [4.78, 5) is 13.3. The van der Waals surface area contributed by atoms with Crippen molar-refractivity contribution in [3.8, 4) is 17.2 Å². The zero-order chi connectivity index (χ0) is 27.0. The van der Waals surface area contributed by atoms with Gasteiger partial charge in [0.05, 0.1) is 34.0 Å². The number of rotatable bonds is 10. The highest BCUT2D eigenvalue weighted by molar-refractivity contribution is 7.95. The largest absolute Gasteiger partial charge is 0.497 e. The second-order valence-electron chi connectivity index (χ2n) is 8.63. The summed E-state index contributed by atoms with van der Waals surface area (Å²) < 4.78 is 21.7. The molecule has 0 aliphatic heterocycles. The fourth-order valence-corrected chi connectivity index (χ4v) is 8.69. The van der Waals surface area contributed by atoms with Gasteiger partial charge in [-0.15, -0.1) is 0 Å². The van der Waals surface area contributed by atoms with Gasteiger partial charge < -0.3 is 18.9 Å². The summed E-state index contributed by atoms with van der Waals surface area (Å²) in [5.74, 6) is 1.95. The summed E-state index contributed by atoms with van der Waals surface area (Å²) in [6.07, 6.45) is 2.39. The van der Waals surface area contributed by atoms with Crippen molar-refractivity contribution in [3.05, 3.63) is 114 Å². The Morgan fingerprint density at radius 2 is 1.00 bits per heavy atom. The minimum atomic E-state index is -2.44. The molecule has 0 radical (unpaired) electrons. The van der Waals surface area contributed by atoms with Crippen LogP contribution in [0.2, 0.25) is 0 Å². The average molecular weight is 528 g/mol. The minimum absolute atomic E-state index is 0.353. The Kier molecular flexibility index (Phi) is 8.83. The molecule has 4 aromatic rings. The first-order chi connectivity index (χ1) is 18.5. The first-order valence-electron chi connectivity index (χ1n) is 12.2. The van der Waals surface area contributed by atoms with Gasteiger partial charge in [-0.1, -0.05) is 30.3 Å². The van der Waals surface area contributed by atoms with Crippen LogP contribution in [0, 0.1) is 0 Å². The van der Waals surface area contributed by atoms with Crippen LogP contribution in [0.3, 0.4) is 0 Å². The third-order valence-corrected chi connectivity index (χ3v) is 10.9. The van der Waals surface area contributed by atoms with Gasteiger partial charge in [0.1, 0.15) is 46.6 Å². The molecule has 0 spiro atoms. The summed E-state index contributed by atoms with van der Waals surface area (Å²) in [5, 5.41) is 3.32. The Bertz CT molecular complexity index is 1250. The number of hydrogen-bond acceptors (Lipinski definition) is 5. The van der Waals surface area contributed by atoms with Crippen LogP contribution in [-0.2, 0) is 9.53 Å². The van der Waals surface area contributed by atoms with E-state index in [0.717, 1.165) is 38.7 Å². The zero-order valence-electron chi connectivity index (χ0n) is 22.1. The summed E-state index contributed by atoms with van der Waals surface area (Å²) in [6, 6.07) is 34.2. The number of benzene rings is 4. The lowest BCUT2D eigenvalue weighted by Gasteiger charge is -2.28. The van der Waals surface area contributed by atoms with Gasteiger partial charge in [0.25, 0.3) is 0 Å². The van der Waals surface area contributed by atoms with Crippen molar-refractivity contribution < 1.29 is 23.7 Å². The first-order valence-corrected chi connectivity index (χ1v) is 14.2. The van der Waals surface area contributed by atoms with E-state index >= 15 is 0 Å². The number of esters is 1. The maximum atomic E-state index is 13.3. The van der Waals surface area contributed by atoms with Gasteiger partial charge in [0.15, 0.2) is 0 Å². The van der Waals surface area contributed by atoms with Gasteiger partial charge in [0, 0.05) is 0 Å². The lowest BCUT2D eigenvalue weighted by Crippen LogP contribution is -2.35. The molecule has 0 fully saturated rings. The number of hydrogen-bond donors (Lipinski definition) is 0. The standard InChI is InChI=1S/C32H32O5P/c1-34-26-10-16-29(17-11-26)38(30-18-12-27(35-2)13-19-30,31-20-14-28(36-3)15-21-31)23-25(32(33)37-4)22-24-8-6-5-7-9-24/h5-22H,23H2,1-4H3/q+1/b25-22+. The third kappa shape index (κ3) is 5.74. The highest BCUT2D eigenvalue weighted by Crippen LogP contribution is 2.57. The van der Waals surface area contributed by atoms with Crippen LogP contribution in [0.5, 0.6) is 17.2 Å². The fraction of sp³-hybridized carbons (Fsp3) is 0.156. The van der Waals surface area contributed by atoms with Crippen LogP contribution >= 0.6 is 7.26 Å². The van der Waals surface area contributed by atoms with E-state index in [0.29, 0.717) is 11.7 Å². The number of methoxy groups -OCH3 is 4. The van der Waals surface area contributed by atoms with Crippen molar-refractivity contribution >= 4 is 35.2 Å². The van der Waals surface area contributed by atoms with Gasteiger partial charge in [-0.3, -0.25) is 0 Å². The molecule has 0 bridgehead atoms. The van der Waals surface area contributed by atoms with Crippen LogP contribution in [0.25, 0.3) is 6.08 Å². The zero-order valence-corrected chi connectivity index (χ0v) is 23.0. The third-order valence-electron chi connectivity index (χ3n) is 6.54. The Hall–Kier alpha value is -4.08.